The van der Waals surface area contributed by atoms with E-state index in [0.29, 0.717) is 25.6 Å². The minimum Gasteiger partial charge on any atom is -0.405 e. The summed E-state index contributed by atoms with van der Waals surface area (Å²) in [5, 5.41) is 1.74. The van der Waals surface area contributed by atoms with Crippen molar-refractivity contribution in [2.24, 2.45) is 0 Å². The van der Waals surface area contributed by atoms with E-state index in [0.717, 1.165) is 0 Å². The van der Waals surface area contributed by atoms with Crippen LogP contribution in [0.3, 0.4) is 0 Å². The Morgan fingerprint density at radius 3 is 1.91 bits per heavy atom. The average Bonchev–Trinajstić information content (AvgIpc) is 3.25. The first kappa shape index (κ1) is 25.7. The van der Waals surface area contributed by atoms with Gasteiger partial charge in [0.05, 0.1) is 25.9 Å². The van der Waals surface area contributed by atoms with Gasteiger partial charge in [-0.25, -0.2) is 0 Å². The lowest BCUT2D eigenvalue weighted by Crippen LogP contribution is -2.67. The van der Waals surface area contributed by atoms with Gasteiger partial charge in [0.1, 0.15) is 0 Å². The summed E-state index contributed by atoms with van der Waals surface area (Å²) in [5.74, 6) is 0.688. The van der Waals surface area contributed by atoms with Gasteiger partial charge in [-0.2, -0.15) is 0 Å². The number of hydrogen-bond donors (Lipinski definition) is 0. The highest BCUT2D eigenvalue weighted by atomic mass is 32.2. The molecule has 1 aliphatic rings. The smallest absolute Gasteiger partial charge is 0.369 e. The van der Waals surface area contributed by atoms with Crippen LogP contribution in [0.25, 0.3) is 0 Å². The Balaban J connectivity index is 1.87. The van der Waals surface area contributed by atoms with Gasteiger partial charge < -0.3 is 18.2 Å². The summed E-state index contributed by atoms with van der Waals surface area (Å²) < 4.78 is 37.3. The Morgan fingerprint density at radius 2 is 1.47 bits per heavy atom. The number of ether oxygens (including phenoxy) is 1. The van der Waals surface area contributed by atoms with E-state index in [4.69, 9.17) is 18.2 Å². The first-order chi connectivity index (χ1) is 15.3. The molecule has 0 spiro atoms. The van der Waals surface area contributed by atoms with Gasteiger partial charge in [0.15, 0.2) is 0 Å². The van der Waals surface area contributed by atoms with Crippen molar-refractivity contribution >= 4 is 38.0 Å². The van der Waals surface area contributed by atoms with E-state index < -0.39 is 21.1 Å². The van der Waals surface area contributed by atoms with Crippen LogP contribution in [-0.2, 0) is 22.8 Å². The van der Waals surface area contributed by atoms with Crippen molar-refractivity contribution in [2.75, 3.05) is 25.6 Å². The largest absolute Gasteiger partial charge is 0.405 e. The van der Waals surface area contributed by atoms with Crippen LogP contribution in [0, 0.1) is 0 Å². The minimum atomic E-state index is -3.32. The molecule has 3 rings (SSSR count). The highest BCUT2D eigenvalue weighted by Gasteiger charge is 2.51. The summed E-state index contributed by atoms with van der Waals surface area (Å²) in [6, 6.07) is 21.1. The molecule has 2 aromatic rings. The maximum atomic E-state index is 13.1. The van der Waals surface area contributed by atoms with Gasteiger partial charge in [-0.15, -0.1) is 11.8 Å². The van der Waals surface area contributed by atoms with Crippen molar-refractivity contribution < 1.29 is 22.8 Å². The molecule has 2 atom stereocenters. The van der Waals surface area contributed by atoms with Crippen molar-refractivity contribution in [1.29, 1.82) is 0 Å². The van der Waals surface area contributed by atoms with E-state index in [-0.39, 0.29) is 11.1 Å². The minimum absolute atomic E-state index is 0.104. The Hall–Kier alpha value is -0.923. The van der Waals surface area contributed by atoms with Crippen molar-refractivity contribution in [1.82, 2.24) is 0 Å². The summed E-state index contributed by atoms with van der Waals surface area (Å²) in [6.45, 7) is 11.5. The fourth-order valence-corrected chi connectivity index (χ4v) is 12.3. The lowest BCUT2D eigenvalue weighted by Gasteiger charge is -2.43. The topological polar surface area (TPSA) is 54.0 Å². The third-order valence-electron chi connectivity index (χ3n) is 5.51. The third-order valence-corrected chi connectivity index (χ3v) is 14.6. The Bertz CT molecular complexity index is 841. The van der Waals surface area contributed by atoms with Gasteiger partial charge in [0.2, 0.25) is 5.18 Å². The zero-order valence-corrected chi connectivity index (χ0v) is 22.4. The maximum absolute atomic E-state index is 13.1. The van der Waals surface area contributed by atoms with Crippen LogP contribution in [0.2, 0.25) is 5.04 Å². The lowest BCUT2D eigenvalue weighted by atomic mass is 10.2. The maximum Gasteiger partial charge on any atom is 0.369 e. The van der Waals surface area contributed by atoms with E-state index >= 15 is 0 Å². The lowest BCUT2D eigenvalue weighted by molar-refractivity contribution is 0.0435. The summed E-state index contributed by atoms with van der Waals surface area (Å²) in [6.07, 6.45) is -0.180. The molecular weight excluding hydrogens is 459 g/mol. The number of thioether (sulfide) groups is 1. The van der Waals surface area contributed by atoms with Crippen molar-refractivity contribution in [2.45, 2.75) is 50.9 Å². The van der Waals surface area contributed by atoms with Gasteiger partial charge in [-0.05, 0) is 29.3 Å². The Labute approximate surface area is 197 Å². The van der Waals surface area contributed by atoms with Crippen LogP contribution in [0.4, 0.5) is 0 Å². The molecule has 0 aliphatic carbocycles. The quantitative estimate of drug-likeness (QED) is 0.332. The predicted octanol–water partition coefficient (Wildman–Crippen LogP) is 5.24. The third kappa shape index (κ3) is 5.41. The van der Waals surface area contributed by atoms with Crippen LogP contribution in [-0.4, -0.2) is 45.2 Å². The van der Waals surface area contributed by atoms with E-state index in [2.05, 4.69) is 69.3 Å². The van der Waals surface area contributed by atoms with Gasteiger partial charge in [-0.3, -0.25) is 4.57 Å². The molecule has 0 N–H and O–H groups in total. The molecule has 32 heavy (non-hydrogen) atoms. The molecule has 2 aromatic carbocycles. The Kier molecular flexibility index (Phi) is 8.83. The molecule has 0 bridgehead atoms. The summed E-state index contributed by atoms with van der Waals surface area (Å²) in [4.78, 5) is 0. The highest BCUT2D eigenvalue weighted by Crippen LogP contribution is 2.59. The predicted molar refractivity (Wildman–Crippen MR) is 136 cm³/mol. The van der Waals surface area contributed by atoms with Gasteiger partial charge in [-0.1, -0.05) is 81.4 Å². The molecule has 1 fully saturated rings. The summed E-state index contributed by atoms with van der Waals surface area (Å²) >= 11 is 1.49. The average molecular weight is 495 g/mol. The number of benzene rings is 2. The molecule has 176 valence electrons. The molecule has 0 radical (unpaired) electrons. The Morgan fingerprint density at radius 1 is 0.969 bits per heavy atom. The van der Waals surface area contributed by atoms with Gasteiger partial charge >= 0.3 is 7.60 Å². The molecule has 0 saturated carbocycles. The van der Waals surface area contributed by atoms with Gasteiger partial charge in [0.25, 0.3) is 8.32 Å². The molecule has 0 aromatic heterocycles. The van der Waals surface area contributed by atoms with Crippen LogP contribution in [0.15, 0.2) is 60.7 Å². The molecule has 5 nitrogen and oxygen atoms in total. The van der Waals surface area contributed by atoms with Crippen LogP contribution >= 0.6 is 19.4 Å². The van der Waals surface area contributed by atoms with Gasteiger partial charge in [0, 0.05) is 5.75 Å². The second-order valence-electron chi connectivity index (χ2n) is 8.75. The fraction of sp³-hybridized carbons (Fsp3) is 0.500. The molecule has 8 heteroatoms. The molecule has 1 saturated heterocycles. The summed E-state index contributed by atoms with van der Waals surface area (Å²) in [7, 11) is -5.96. The van der Waals surface area contributed by atoms with Crippen molar-refractivity contribution in [3.05, 3.63) is 60.7 Å². The first-order valence-electron chi connectivity index (χ1n) is 11.2. The zero-order chi connectivity index (χ0) is 23.2. The van der Waals surface area contributed by atoms with E-state index in [1.807, 2.05) is 26.0 Å². The summed E-state index contributed by atoms with van der Waals surface area (Å²) in [5.41, 5.74) is 0. The zero-order valence-electron chi connectivity index (χ0n) is 19.7. The molecule has 1 aliphatic heterocycles. The SMILES string of the molecule is CCOP(=O)(OCC)C1OC(CO[Si](c2ccccc2)(c2ccccc2)C(C)(C)C)CS1. The fourth-order valence-electron chi connectivity index (χ4n) is 4.18. The van der Waals surface area contributed by atoms with E-state index in [1.54, 1.807) is 0 Å². The van der Waals surface area contributed by atoms with E-state index in [9.17, 15) is 4.57 Å². The molecular formula is C24H35O5PSSi. The standard InChI is InChI=1S/C24H35O5PSSi/c1-6-26-30(25,27-7-2)23-29-20(19-31-23)18-28-32(24(3,4)5,21-14-10-8-11-15-21)22-16-12-9-13-17-22/h8-17,20,23H,6-7,18-19H2,1-5H3. The second kappa shape index (κ2) is 11.0. The number of hydrogen-bond acceptors (Lipinski definition) is 6. The number of rotatable bonds is 10. The van der Waals surface area contributed by atoms with Crippen LogP contribution in [0.1, 0.15) is 34.6 Å². The van der Waals surface area contributed by atoms with E-state index in [1.165, 1.54) is 22.1 Å². The molecule has 2 unspecified atom stereocenters. The monoisotopic (exact) mass is 494 g/mol. The normalized spacial score (nSPS) is 19.9. The molecule has 0 amide bonds. The second-order valence-corrected chi connectivity index (χ2v) is 16.6. The first-order valence-corrected chi connectivity index (χ1v) is 15.7. The highest BCUT2D eigenvalue weighted by molar-refractivity contribution is 8.05. The van der Waals surface area contributed by atoms with Crippen molar-refractivity contribution in [3.8, 4) is 0 Å². The van der Waals surface area contributed by atoms with Crippen molar-refractivity contribution in [3.63, 3.8) is 0 Å². The van der Waals surface area contributed by atoms with Crippen LogP contribution in [0.5, 0.6) is 0 Å². The van der Waals surface area contributed by atoms with Crippen LogP contribution < -0.4 is 10.4 Å². The molecule has 1 heterocycles.